The second kappa shape index (κ2) is 5.51. The van der Waals surface area contributed by atoms with E-state index >= 15 is 0 Å². The summed E-state index contributed by atoms with van der Waals surface area (Å²) in [5.74, 6) is -0.275. The highest BCUT2D eigenvalue weighted by molar-refractivity contribution is 5.94. The number of aryl methyl sites for hydroxylation is 1. The van der Waals surface area contributed by atoms with E-state index in [-0.39, 0.29) is 11.8 Å². The van der Waals surface area contributed by atoms with Gasteiger partial charge in [-0.1, -0.05) is 0 Å². The second-order valence-corrected chi connectivity index (χ2v) is 4.30. The zero-order chi connectivity index (χ0) is 13.8. The molecule has 2 aromatic heterocycles. The number of nitrogens with one attached hydrogen (secondary N) is 2. The third-order valence-corrected chi connectivity index (χ3v) is 2.62. The van der Waals surface area contributed by atoms with Gasteiger partial charge < -0.3 is 15.0 Å². The first-order valence-corrected chi connectivity index (χ1v) is 6.04. The Morgan fingerprint density at radius 3 is 2.68 bits per heavy atom. The van der Waals surface area contributed by atoms with Crippen LogP contribution in [0.2, 0.25) is 0 Å². The summed E-state index contributed by atoms with van der Waals surface area (Å²) in [6.45, 7) is 4.17. The van der Waals surface area contributed by atoms with Crippen molar-refractivity contribution in [1.29, 1.82) is 0 Å². The highest BCUT2D eigenvalue weighted by Gasteiger charge is 2.06. The molecule has 0 saturated carbocycles. The number of pyridine rings is 1. The van der Waals surface area contributed by atoms with Crippen LogP contribution in [-0.4, -0.2) is 34.3 Å². The number of aromatic nitrogens is 2. The van der Waals surface area contributed by atoms with E-state index in [1.165, 1.54) is 6.92 Å². The Labute approximate surface area is 110 Å². The number of rotatable bonds is 4. The van der Waals surface area contributed by atoms with Crippen LogP contribution in [0, 0.1) is 6.92 Å². The lowest BCUT2D eigenvalue weighted by Gasteiger charge is -2.06. The Hall–Kier alpha value is -2.37. The van der Waals surface area contributed by atoms with Gasteiger partial charge in [-0.2, -0.15) is 0 Å². The lowest BCUT2D eigenvalue weighted by atomic mass is 10.2. The molecule has 6 nitrogen and oxygen atoms in total. The van der Waals surface area contributed by atoms with Crippen molar-refractivity contribution in [2.75, 3.05) is 13.1 Å². The number of fused-ring (bicyclic) bond motifs is 1. The molecular weight excluding hydrogens is 244 g/mol. The molecule has 0 saturated heterocycles. The molecule has 0 aromatic carbocycles. The van der Waals surface area contributed by atoms with Gasteiger partial charge in [-0.3, -0.25) is 9.59 Å². The van der Waals surface area contributed by atoms with Crippen molar-refractivity contribution in [3.05, 3.63) is 35.8 Å². The van der Waals surface area contributed by atoms with E-state index in [9.17, 15) is 9.59 Å². The molecule has 0 aliphatic heterocycles. The van der Waals surface area contributed by atoms with E-state index in [1.807, 2.05) is 17.5 Å². The molecule has 6 heteroatoms. The molecule has 0 bridgehead atoms. The first kappa shape index (κ1) is 13.1. The van der Waals surface area contributed by atoms with Crippen molar-refractivity contribution < 1.29 is 9.59 Å². The fourth-order valence-electron chi connectivity index (χ4n) is 1.77. The summed E-state index contributed by atoms with van der Waals surface area (Å²) in [7, 11) is 0. The van der Waals surface area contributed by atoms with Crippen LogP contribution in [0.3, 0.4) is 0 Å². The summed E-state index contributed by atoms with van der Waals surface area (Å²) in [5.41, 5.74) is 2.28. The van der Waals surface area contributed by atoms with Crippen molar-refractivity contribution in [2.45, 2.75) is 13.8 Å². The van der Waals surface area contributed by atoms with E-state index in [0.29, 0.717) is 18.7 Å². The zero-order valence-electron chi connectivity index (χ0n) is 10.9. The smallest absolute Gasteiger partial charge is 0.252 e. The van der Waals surface area contributed by atoms with Crippen LogP contribution in [0.1, 0.15) is 23.0 Å². The lowest BCUT2D eigenvalue weighted by Crippen LogP contribution is -2.33. The molecule has 2 N–H and O–H groups in total. The number of carbonyl (C=O) groups is 2. The van der Waals surface area contributed by atoms with Gasteiger partial charge in [-0.25, -0.2) is 4.98 Å². The number of hydrogen-bond acceptors (Lipinski definition) is 3. The van der Waals surface area contributed by atoms with Gasteiger partial charge in [0.25, 0.3) is 5.91 Å². The minimum atomic E-state index is -0.168. The van der Waals surface area contributed by atoms with E-state index in [4.69, 9.17) is 0 Å². The third-order valence-electron chi connectivity index (χ3n) is 2.62. The highest BCUT2D eigenvalue weighted by Crippen LogP contribution is 2.07. The molecule has 0 radical (unpaired) electrons. The lowest BCUT2D eigenvalue weighted by molar-refractivity contribution is -0.118. The predicted octanol–water partition coefficient (Wildman–Crippen LogP) is 0.509. The van der Waals surface area contributed by atoms with Gasteiger partial charge in [0.1, 0.15) is 5.65 Å². The summed E-state index contributed by atoms with van der Waals surface area (Å²) < 4.78 is 1.82. The molecule has 19 heavy (non-hydrogen) atoms. The van der Waals surface area contributed by atoms with Crippen LogP contribution in [0.25, 0.3) is 5.65 Å². The normalized spacial score (nSPS) is 10.4. The van der Waals surface area contributed by atoms with Gasteiger partial charge in [0.2, 0.25) is 5.91 Å². The molecule has 2 heterocycles. The Morgan fingerprint density at radius 2 is 1.95 bits per heavy atom. The summed E-state index contributed by atoms with van der Waals surface area (Å²) in [5, 5.41) is 5.35. The van der Waals surface area contributed by atoms with Gasteiger partial charge in [-0.15, -0.1) is 0 Å². The first-order valence-electron chi connectivity index (χ1n) is 6.04. The fourth-order valence-corrected chi connectivity index (χ4v) is 1.77. The van der Waals surface area contributed by atoms with Crippen LogP contribution < -0.4 is 10.6 Å². The van der Waals surface area contributed by atoms with Gasteiger partial charge in [0.15, 0.2) is 0 Å². The highest BCUT2D eigenvalue weighted by atomic mass is 16.2. The Morgan fingerprint density at radius 1 is 1.21 bits per heavy atom. The van der Waals surface area contributed by atoms with Crippen LogP contribution in [-0.2, 0) is 4.79 Å². The van der Waals surface area contributed by atoms with Crippen molar-refractivity contribution in [3.63, 3.8) is 0 Å². The maximum atomic E-state index is 11.9. The van der Waals surface area contributed by atoms with E-state index in [2.05, 4.69) is 15.6 Å². The Kier molecular flexibility index (Phi) is 3.79. The molecule has 0 fully saturated rings. The minimum absolute atomic E-state index is 0.107. The number of imidazole rings is 1. The Balaban J connectivity index is 1.98. The van der Waals surface area contributed by atoms with Crippen LogP contribution in [0.15, 0.2) is 24.5 Å². The van der Waals surface area contributed by atoms with Gasteiger partial charge in [0.05, 0.1) is 11.3 Å². The molecule has 100 valence electrons. The van der Waals surface area contributed by atoms with Crippen LogP contribution >= 0.6 is 0 Å². The second-order valence-electron chi connectivity index (χ2n) is 4.30. The molecule has 2 aromatic rings. The fraction of sp³-hybridized carbons (Fsp3) is 0.308. The third kappa shape index (κ3) is 3.31. The molecule has 2 amide bonds. The summed E-state index contributed by atoms with van der Waals surface area (Å²) in [4.78, 5) is 26.8. The maximum absolute atomic E-state index is 11.9. The van der Waals surface area contributed by atoms with Crippen LogP contribution in [0.5, 0.6) is 0 Å². The predicted molar refractivity (Wildman–Crippen MR) is 70.9 cm³/mol. The van der Waals surface area contributed by atoms with E-state index in [1.54, 1.807) is 18.3 Å². The number of carbonyl (C=O) groups excluding carboxylic acids is 2. The van der Waals surface area contributed by atoms with Gasteiger partial charge in [-0.05, 0) is 19.1 Å². The van der Waals surface area contributed by atoms with Gasteiger partial charge >= 0.3 is 0 Å². The molecule has 0 spiro atoms. The monoisotopic (exact) mass is 260 g/mol. The summed E-state index contributed by atoms with van der Waals surface area (Å²) in [6.07, 6.45) is 3.60. The molecule has 0 atom stereocenters. The number of nitrogens with zero attached hydrogens (tertiary/aromatic N) is 2. The molecule has 0 aliphatic rings. The van der Waals surface area contributed by atoms with Gasteiger partial charge in [0, 0.05) is 32.4 Å². The first-order chi connectivity index (χ1) is 9.06. The zero-order valence-corrected chi connectivity index (χ0v) is 10.9. The number of hydrogen-bond donors (Lipinski definition) is 2. The standard InChI is InChI=1S/C13H16N4O2/c1-9-7-17-8-11(3-4-12(17)16-9)13(19)15-6-5-14-10(2)18/h3-4,7-8H,5-6H2,1-2H3,(H,14,18)(H,15,19). The van der Waals surface area contributed by atoms with Crippen molar-refractivity contribution >= 4 is 17.5 Å². The van der Waals surface area contributed by atoms with Crippen molar-refractivity contribution in [2.24, 2.45) is 0 Å². The minimum Gasteiger partial charge on any atom is -0.355 e. The number of amides is 2. The average molecular weight is 260 g/mol. The molecule has 0 unspecified atom stereocenters. The molecule has 2 rings (SSSR count). The average Bonchev–Trinajstić information content (AvgIpc) is 2.73. The quantitative estimate of drug-likeness (QED) is 0.786. The van der Waals surface area contributed by atoms with E-state index < -0.39 is 0 Å². The molecular formula is C13H16N4O2. The maximum Gasteiger partial charge on any atom is 0.252 e. The summed E-state index contributed by atoms with van der Waals surface area (Å²) in [6, 6.07) is 3.53. The Bertz CT molecular complexity index is 618. The summed E-state index contributed by atoms with van der Waals surface area (Å²) >= 11 is 0. The van der Waals surface area contributed by atoms with Crippen LogP contribution in [0.4, 0.5) is 0 Å². The van der Waals surface area contributed by atoms with Crippen molar-refractivity contribution in [1.82, 2.24) is 20.0 Å². The largest absolute Gasteiger partial charge is 0.355 e. The van der Waals surface area contributed by atoms with Crippen molar-refractivity contribution in [3.8, 4) is 0 Å². The van der Waals surface area contributed by atoms with E-state index in [0.717, 1.165) is 11.3 Å². The topological polar surface area (TPSA) is 75.5 Å². The molecule has 0 aliphatic carbocycles. The SMILES string of the molecule is CC(=O)NCCNC(=O)c1ccc2nc(C)cn2c1.